The molecule has 0 spiro atoms. The molecule has 3 aromatic rings. The fraction of sp³-hybridized carbons (Fsp3) is 0.385. The molecule has 9 nitrogen and oxygen atoms in total. The van der Waals surface area contributed by atoms with Gasteiger partial charge in [-0.2, -0.15) is 11.8 Å². The highest BCUT2D eigenvalue weighted by Crippen LogP contribution is 2.25. The molecule has 37 heavy (non-hydrogen) atoms. The summed E-state index contributed by atoms with van der Waals surface area (Å²) in [5.41, 5.74) is 1.24. The van der Waals surface area contributed by atoms with Crippen molar-refractivity contribution in [1.29, 1.82) is 0 Å². The first-order valence-corrected chi connectivity index (χ1v) is 14.4. The first kappa shape index (κ1) is 28.4. The van der Waals surface area contributed by atoms with Crippen LogP contribution in [0.4, 0.5) is 5.69 Å². The van der Waals surface area contributed by atoms with Crippen LogP contribution in [0.25, 0.3) is 0 Å². The normalized spacial score (nSPS) is 11.6. The molecule has 2 aromatic carbocycles. The van der Waals surface area contributed by atoms with Gasteiger partial charge in [0.2, 0.25) is 5.91 Å². The van der Waals surface area contributed by atoms with E-state index in [0.717, 1.165) is 11.5 Å². The van der Waals surface area contributed by atoms with E-state index in [0.29, 0.717) is 47.6 Å². The summed E-state index contributed by atoms with van der Waals surface area (Å²) >= 11 is 3.01. The lowest BCUT2D eigenvalue weighted by molar-refractivity contribution is -0.113. The Kier molecular flexibility index (Phi) is 11.2. The molecule has 0 aliphatic carbocycles. The van der Waals surface area contributed by atoms with E-state index in [-0.39, 0.29) is 23.6 Å². The van der Waals surface area contributed by atoms with Crippen LogP contribution in [0, 0.1) is 0 Å². The van der Waals surface area contributed by atoms with Gasteiger partial charge in [-0.25, -0.2) is 0 Å². The number of carbonyl (C=O) groups is 2. The summed E-state index contributed by atoms with van der Waals surface area (Å²) in [6, 6.07) is 13.9. The Morgan fingerprint density at radius 2 is 1.73 bits per heavy atom. The van der Waals surface area contributed by atoms with Crippen LogP contribution in [-0.2, 0) is 11.3 Å². The number of ether oxygens (including phenoxy) is 2. The number of hydrogen-bond donors (Lipinski definition) is 2. The monoisotopic (exact) mass is 543 g/mol. The Bertz CT molecular complexity index is 1150. The molecule has 0 saturated carbocycles. The number of methoxy groups -OCH3 is 1. The third kappa shape index (κ3) is 8.16. The van der Waals surface area contributed by atoms with E-state index in [1.54, 1.807) is 43.1 Å². The van der Waals surface area contributed by atoms with E-state index in [9.17, 15) is 9.59 Å². The fourth-order valence-corrected chi connectivity index (χ4v) is 4.86. The third-order valence-corrected chi connectivity index (χ3v) is 7.03. The van der Waals surface area contributed by atoms with Crippen LogP contribution in [0.2, 0.25) is 0 Å². The van der Waals surface area contributed by atoms with Gasteiger partial charge in [-0.1, -0.05) is 11.8 Å². The van der Waals surface area contributed by atoms with Crippen LogP contribution in [0.15, 0.2) is 53.7 Å². The first-order valence-electron chi connectivity index (χ1n) is 12.0. The highest BCUT2D eigenvalue weighted by Gasteiger charge is 2.23. The number of nitrogens with one attached hydrogen (secondary N) is 2. The minimum absolute atomic E-state index is 0.145. The summed E-state index contributed by atoms with van der Waals surface area (Å²) < 4.78 is 12.6. The molecule has 0 fully saturated rings. The van der Waals surface area contributed by atoms with Crippen LogP contribution in [0.3, 0.4) is 0 Å². The predicted molar refractivity (Wildman–Crippen MR) is 149 cm³/mol. The largest absolute Gasteiger partial charge is 0.497 e. The molecule has 11 heteroatoms. The molecule has 0 aliphatic heterocycles. The SMILES string of the molecule is CCOc1ccc(NC(=O)CSc2nnc([C@H](CCSC)NC(=O)c3ccc(OC)cc3)n2CC)cc1. The molecule has 2 N–H and O–H groups in total. The molecule has 1 aromatic heterocycles. The molecule has 198 valence electrons. The summed E-state index contributed by atoms with van der Waals surface area (Å²) in [6.45, 7) is 5.12. The van der Waals surface area contributed by atoms with E-state index in [4.69, 9.17) is 9.47 Å². The second kappa shape index (κ2) is 14.5. The quantitative estimate of drug-likeness (QED) is 0.283. The molecular weight excluding hydrogens is 510 g/mol. The number of benzene rings is 2. The molecule has 2 amide bonds. The topological polar surface area (TPSA) is 107 Å². The van der Waals surface area contributed by atoms with Gasteiger partial charge in [0.1, 0.15) is 11.5 Å². The molecule has 0 saturated heterocycles. The van der Waals surface area contributed by atoms with Crippen molar-refractivity contribution in [3.8, 4) is 11.5 Å². The zero-order valence-electron chi connectivity index (χ0n) is 21.5. The van der Waals surface area contributed by atoms with E-state index >= 15 is 0 Å². The molecule has 0 unspecified atom stereocenters. The Morgan fingerprint density at radius 1 is 1.03 bits per heavy atom. The zero-order valence-corrected chi connectivity index (χ0v) is 23.2. The van der Waals surface area contributed by atoms with Crippen LogP contribution in [0.5, 0.6) is 11.5 Å². The lowest BCUT2D eigenvalue weighted by Crippen LogP contribution is -2.31. The maximum atomic E-state index is 13.0. The lowest BCUT2D eigenvalue weighted by Gasteiger charge is -2.19. The van der Waals surface area contributed by atoms with E-state index < -0.39 is 0 Å². The molecule has 1 heterocycles. The first-order chi connectivity index (χ1) is 18.0. The van der Waals surface area contributed by atoms with Gasteiger partial charge in [0.25, 0.3) is 5.91 Å². The number of amides is 2. The average Bonchev–Trinajstić information content (AvgIpc) is 3.34. The van der Waals surface area contributed by atoms with E-state index in [1.807, 2.05) is 48.9 Å². The highest BCUT2D eigenvalue weighted by molar-refractivity contribution is 7.99. The summed E-state index contributed by atoms with van der Waals surface area (Å²) in [5.74, 6) is 2.81. The number of thioether (sulfide) groups is 2. The predicted octanol–water partition coefficient (Wildman–Crippen LogP) is 4.66. The second-order valence-electron chi connectivity index (χ2n) is 7.92. The minimum Gasteiger partial charge on any atom is -0.497 e. The van der Waals surface area contributed by atoms with Gasteiger partial charge in [0.15, 0.2) is 11.0 Å². The van der Waals surface area contributed by atoms with Crippen LogP contribution < -0.4 is 20.1 Å². The summed E-state index contributed by atoms with van der Waals surface area (Å²) in [4.78, 5) is 25.5. The summed E-state index contributed by atoms with van der Waals surface area (Å²) in [7, 11) is 1.59. The van der Waals surface area contributed by atoms with Gasteiger partial charge in [-0.05, 0) is 80.8 Å². The van der Waals surface area contributed by atoms with Crippen molar-refractivity contribution in [2.75, 3.05) is 36.8 Å². The van der Waals surface area contributed by atoms with Gasteiger partial charge in [0, 0.05) is 17.8 Å². The number of rotatable bonds is 14. The van der Waals surface area contributed by atoms with Gasteiger partial charge >= 0.3 is 0 Å². The van der Waals surface area contributed by atoms with E-state index in [1.165, 1.54) is 11.8 Å². The molecule has 0 radical (unpaired) electrons. The maximum absolute atomic E-state index is 13.0. The second-order valence-corrected chi connectivity index (χ2v) is 9.84. The summed E-state index contributed by atoms with van der Waals surface area (Å²) in [5, 5.41) is 15.4. The van der Waals surface area contributed by atoms with Crippen molar-refractivity contribution in [3.05, 3.63) is 59.9 Å². The smallest absolute Gasteiger partial charge is 0.251 e. The van der Waals surface area contributed by atoms with Gasteiger partial charge in [0.05, 0.1) is 25.5 Å². The Hall–Kier alpha value is -3.18. The Balaban J connectivity index is 1.67. The zero-order chi connectivity index (χ0) is 26.6. The van der Waals surface area contributed by atoms with Crippen LogP contribution in [0.1, 0.15) is 42.5 Å². The van der Waals surface area contributed by atoms with Gasteiger partial charge < -0.3 is 24.7 Å². The van der Waals surface area contributed by atoms with Gasteiger partial charge in [-0.3, -0.25) is 9.59 Å². The Labute approximate surface area is 226 Å². The number of nitrogens with zero attached hydrogens (tertiary/aromatic N) is 3. The minimum atomic E-state index is -0.318. The van der Waals surface area contributed by atoms with Crippen molar-refractivity contribution < 1.29 is 19.1 Å². The number of carbonyl (C=O) groups excluding carboxylic acids is 2. The standard InChI is InChI=1S/C26H33N5O4S2/c1-5-31-24(22(15-16-36-4)28-25(33)18-7-11-20(34-3)12-8-18)29-30-26(31)37-17-23(32)27-19-9-13-21(14-10-19)35-6-2/h7-14,22H,5-6,15-17H2,1-4H3,(H,27,32)(H,28,33)/t22-/m0/s1. The summed E-state index contributed by atoms with van der Waals surface area (Å²) in [6.07, 6.45) is 2.72. The van der Waals surface area contributed by atoms with E-state index in [2.05, 4.69) is 20.8 Å². The number of hydrogen-bond acceptors (Lipinski definition) is 8. The number of anilines is 1. The molecule has 1 atom stereocenters. The molecule has 3 rings (SSSR count). The lowest BCUT2D eigenvalue weighted by atomic mass is 10.1. The Morgan fingerprint density at radius 3 is 2.35 bits per heavy atom. The van der Waals surface area contributed by atoms with Crippen molar-refractivity contribution >= 4 is 41.0 Å². The highest BCUT2D eigenvalue weighted by atomic mass is 32.2. The average molecular weight is 544 g/mol. The molecule has 0 bridgehead atoms. The van der Waals surface area contributed by atoms with Crippen LogP contribution >= 0.6 is 23.5 Å². The fourth-order valence-electron chi connectivity index (χ4n) is 3.58. The molecular formula is C26H33N5O4S2. The van der Waals surface area contributed by atoms with Crippen molar-refractivity contribution in [2.45, 2.75) is 38.0 Å². The van der Waals surface area contributed by atoms with Crippen molar-refractivity contribution in [1.82, 2.24) is 20.1 Å². The molecule has 0 aliphatic rings. The third-order valence-electron chi connectivity index (χ3n) is 5.42. The number of aromatic nitrogens is 3. The maximum Gasteiger partial charge on any atom is 0.251 e. The van der Waals surface area contributed by atoms with Crippen molar-refractivity contribution in [2.24, 2.45) is 0 Å². The van der Waals surface area contributed by atoms with Gasteiger partial charge in [-0.15, -0.1) is 10.2 Å². The van der Waals surface area contributed by atoms with Crippen LogP contribution in [-0.4, -0.2) is 58.1 Å². The van der Waals surface area contributed by atoms with Crippen molar-refractivity contribution in [3.63, 3.8) is 0 Å².